The number of amides is 1. The maximum atomic E-state index is 12.8. The van der Waals surface area contributed by atoms with E-state index in [1.165, 1.54) is 0 Å². The number of halogens is 1. The van der Waals surface area contributed by atoms with Crippen molar-refractivity contribution in [1.29, 1.82) is 0 Å². The van der Waals surface area contributed by atoms with Crippen molar-refractivity contribution in [3.63, 3.8) is 0 Å². The fraction of sp³-hybridized carbons (Fsp3) is 0.0357. The summed E-state index contributed by atoms with van der Waals surface area (Å²) in [6.45, 7) is 2.06. The summed E-state index contributed by atoms with van der Waals surface area (Å²) in [6.07, 6.45) is 0. The molecule has 34 heavy (non-hydrogen) atoms. The third-order valence-electron chi connectivity index (χ3n) is 5.36. The number of carbonyl (C=O) groups is 1. The van der Waals surface area contributed by atoms with Gasteiger partial charge in [-0.25, -0.2) is 9.97 Å². The summed E-state index contributed by atoms with van der Waals surface area (Å²) >= 11 is 6.02. The highest BCUT2D eigenvalue weighted by atomic mass is 35.5. The van der Waals surface area contributed by atoms with Crippen LogP contribution in [0.25, 0.3) is 22.2 Å². The first kappa shape index (κ1) is 21.6. The molecular weight excluding hydrogens is 444 g/mol. The molecule has 0 saturated carbocycles. The molecule has 1 heterocycles. The number of hydrogen-bond acceptors (Lipinski definition) is 4. The molecule has 0 aliphatic carbocycles. The maximum Gasteiger partial charge on any atom is 0.255 e. The topological polar surface area (TPSA) is 66.9 Å². The quantitative estimate of drug-likeness (QED) is 0.287. The highest BCUT2D eigenvalue weighted by molar-refractivity contribution is 6.31. The van der Waals surface area contributed by atoms with Gasteiger partial charge in [-0.15, -0.1) is 0 Å². The van der Waals surface area contributed by atoms with Crippen LogP contribution in [0, 0.1) is 6.92 Å². The molecule has 166 valence electrons. The first-order valence-corrected chi connectivity index (χ1v) is 11.2. The van der Waals surface area contributed by atoms with E-state index in [0.29, 0.717) is 27.9 Å². The van der Waals surface area contributed by atoms with Crippen LogP contribution in [0.3, 0.4) is 0 Å². The third-order valence-corrected chi connectivity index (χ3v) is 5.60. The zero-order chi connectivity index (χ0) is 23.5. The number of benzene rings is 4. The predicted molar refractivity (Wildman–Crippen MR) is 139 cm³/mol. The lowest BCUT2D eigenvalue weighted by atomic mass is 10.0. The van der Waals surface area contributed by atoms with Crippen LogP contribution in [0.5, 0.6) is 0 Å². The molecule has 0 aliphatic heterocycles. The lowest BCUT2D eigenvalue weighted by molar-refractivity contribution is 0.102. The largest absolute Gasteiger partial charge is 0.324 e. The van der Waals surface area contributed by atoms with Crippen molar-refractivity contribution >= 4 is 45.7 Å². The second-order valence-corrected chi connectivity index (χ2v) is 8.39. The van der Waals surface area contributed by atoms with E-state index in [-0.39, 0.29) is 5.91 Å². The highest BCUT2D eigenvalue weighted by Gasteiger charge is 2.12. The van der Waals surface area contributed by atoms with Crippen molar-refractivity contribution < 1.29 is 4.79 Å². The molecule has 5 rings (SSSR count). The molecule has 0 aliphatic rings. The Morgan fingerprint density at radius 3 is 2.41 bits per heavy atom. The van der Waals surface area contributed by atoms with Crippen LogP contribution in [-0.2, 0) is 0 Å². The van der Waals surface area contributed by atoms with E-state index in [4.69, 9.17) is 21.6 Å². The van der Waals surface area contributed by atoms with Crippen molar-refractivity contribution in [2.45, 2.75) is 6.92 Å². The predicted octanol–water partition coefficient (Wildman–Crippen LogP) is 7.25. The molecule has 0 spiro atoms. The Bertz CT molecular complexity index is 1500. The van der Waals surface area contributed by atoms with Crippen molar-refractivity contribution in [3.05, 3.63) is 113 Å². The Morgan fingerprint density at radius 2 is 1.59 bits per heavy atom. The summed E-state index contributed by atoms with van der Waals surface area (Å²) in [6, 6.07) is 30.4. The van der Waals surface area contributed by atoms with Crippen molar-refractivity contribution in [1.82, 2.24) is 9.97 Å². The van der Waals surface area contributed by atoms with Gasteiger partial charge in [-0.3, -0.25) is 4.79 Å². The van der Waals surface area contributed by atoms with Gasteiger partial charge >= 0.3 is 0 Å². The van der Waals surface area contributed by atoms with Gasteiger partial charge in [0.2, 0.25) is 5.95 Å². The average Bonchev–Trinajstić information content (AvgIpc) is 2.84. The Kier molecular flexibility index (Phi) is 5.93. The number of hydrogen-bond donors (Lipinski definition) is 2. The standard InChI is InChI=1S/C28H21ClN4O/c1-18-13-14-25-24(15-18)26(19-7-3-2-4-8-19)33-28(32-25)31-22-11-5-9-20(16-22)27(34)30-23-12-6-10-21(29)17-23/h2-17H,1H3,(H,30,34)(H,31,32,33). The zero-order valence-electron chi connectivity index (χ0n) is 18.4. The second-order valence-electron chi connectivity index (χ2n) is 7.95. The third kappa shape index (κ3) is 4.75. The fourth-order valence-electron chi connectivity index (χ4n) is 3.75. The average molecular weight is 465 g/mol. The van der Waals surface area contributed by atoms with Gasteiger partial charge in [0.05, 0.1) is 11.2 Å². The van der Waals surface area contributed by atoms with Gasteiger partial charge < -0.3 is 10.6 Å². The monoisotopic (exact) mass is 464 g/mol. The molecule has 0 unspecified atom stereocenters. The molecule has 5 aromatic rings. The number of fused-ring (bicyclic) bond motifs is 1. The normalized spacial score (nSPS) is 10.8. The Hall–Kier alpha value is -4.22. The van der Waals surface area contributed by atoms with Gasteiger partial charge in [0.15, 0.2) is 0 Å². The van der Waals surface area contributed by atoms with Crippen LogP contribution in [-0.4, -0.2) is 15.9 Å². The Labute approximate surface area is 202 Å². The van der Waals surface area contributed by atoms with Crippen LogP contribution in [0.15, 0.2) is 97.1 Å². The number of rotatable bonds is 5. The summed E-state index contributed by atoms with van der Waals surface area (Å²) < 4.78 is 0. The first-order chi connectivity index (χ1) is 16.5. The molecule has 0 atom stereocenters. The Balaban J connectivity index is 1.47. The van der Waals surface area contributed by atoms with Gasteiger partial charge in [0.25, 0.3) is 5.91 Å². The molecule has 6 heteroatoms. The van der Waals surface area contributed by atoms with Crippen LogP contribution < -0.4 is 10.6 Å². The number of carbonyl (C=O) groups excluding carboxylic acids is 1. The molecule has 0 radical (unpaired) electrons. The zero-order valence-corrected chi connectivity index (χ0v) is 19.2. The smallest absolute Gasteiger partial charge is 0.255 e. The number of nitrogens with one attached hydrogen (secondary N) is 2. The van der Waals surface area contributed by atoms with Crippen LogP contribution in [0.2, 0.25) is 5.02 Å². The fourth-order valence-corrected chi connectivity index (χ4v) is 3.94. The van der Waals surface area contributed by atoms with E-state index in [1.807, 2.05) is 54.6 Å². The summed E-state index contributed by atoms with van der Waals surface area (Å²) in [7, 11) is 0. The van der Waals surface area contributed by atoms with E-state index in [1.54, 1.807) is 36.4 Å². The minimum absolute atomic E-state index is 0.231. The van der Waals surface area contributed by atoms with E-state index >= 15 is 0 Å². The molecular formula is C28H21ClN4O. The molecule has 2 N–H and O–H groups in total. The summed E-state index contributed by atoms with van der Waals surface area (Å²) in [5, 5.41) is 7.69. The molecule has 5 nitrogen and oxygen atoms in total. The van der Waals surface area contributed by atoms with E-state index in [0.717, 1.165) is 27.7 Å². The SMILES string of the molecule is Cc1ccc2nc(Nc3cccc(C(=O)Nc4cccc(Cl)c4)c3)nc(-c3ccccc3)c2c1. The van der Waals surface area contributed by atoms with Crippen molar-refractivity contribution in [2.24, 2.45) is 0 Å². The Morgan fingerprint density at radius 1 is 0.794 bits per heavy atom. The molecule has 0 fully saturated rings. The van der Waals surface area contributed by atoms with Crippen LogP contribution in [0.1, 0.15) is 15.9 Å². The number of aromatic nitrogens is 2. The second kappa shape index (κ2) is 9.33. The van der Waals surface area contributed by atoms with Gasteiger partial charge in [-0.05, 0) is 55.5 Å². The minimum atomic E-state index is -0.231. The lowest BCUT2D eigenvalue weighted by Crippen LogP contribution is -2.12. The minimum Gasteiger partial charge on any atom is -0.324 e. The first-order valence-electron chi connectivity index (χ1n) is 10.8. The summed E-state index contributed by atoms with van der Waals surface area (Å²) in [5.74, 6) is 0.230. The molecule has 1 amide bonds. The van der Waals surface area contributed by atoms with Crippen molar-refractivity contribution in [2.75, 3.05) is 10.6 Å². The number of anilines is 3. The molecule has 0 saturated heterocycles. The van der Waals surface area contributed by atoms with Gasteiger partial charge in [-0.1, -0.05) is 65.7 Å². The maximum absolute atomic E-state index is 12.8. The number of nitrogens with zero attached hydrogens (tertiary/aromatic N) is 2. The molecule has 0 bridgehead atoms. The summed E-state index contributed by atoms with van der Waals surface area (Å²) in [5.41, 5.74) is 5.71. The number of aryl methyl sites for hydroxylation is 1. The van der Waals surface area contributed by atoms with E-state index < -0.39 is 0 Å². The van der Waals surface area contributed by atoms with Gasteiger partial charge in [0.1, 0.15) is 0 Å². The lowest BCUT2D eigenvalue weighted by Gasteiger charge is -2.12. The van der Waals surface area contributed by atoms with Crippen LogP contribution >= 0.6 is 11.6 Å². The van der Waals surface area contributed by atoms with Crippen LogP contribution in [0.4, 0.5) is 17.3 Å². The summed E-state index contributed by atoms with van der Waals surface area (Å²) in [4.78, 5) is 22.3. The van der Waals surface area contributed by atoms with Gasteiger partial charge in [0, 0.05) is 32.9 Å². The van der Waals surface area contributed by atoms with Crippen molar-refractivity contribution in [3.8, 4) is 11.3 Å². The molecule has 4 aromatic carbocycles. The highest BCUT2D eigenvalue weighted by Crippen LogP contribution is 2.29. The van der Waals surface area contributed by atoms with E-state index in [9.17, 15) is 4.79 Å². The van der Waals surface area contributed by atoms with E-state index in [2.05, 4.69) is 23.6 Å². The van der Waals surface area contributed by atoms with Gasteiger partial charge in [-0.2, -0.15) is 0 Å². The molecule has 1 aromatic heterocycles.